The van der Waals surface area contributed by atoms with E-state index in [1.54, 1.807) is 7.11 Å². The van der Waals surface area contributed by atoms with Crippen LogP contribution in [0.3, 0.4) is 0 Å². The molecular weight excluding hydrogens is 268 g/mol. The fourth-order valence-electron chi connectivity index (χ4n) is 4.25. The molecule has 116 valence electrons. The molecule has 1 fully saturated rings. The minimum absolute atomic E-state index is 0.593. The molecular formula is C21H26O. The van der Waals surface area contributed by atoms with Gasteiger partial charge in [-0.15, -0.1) is 0 Å². The number of methoxy groups -OCH3 is 1. The summed E-state index contributed by atoms with van der Waals surface area (Å²) in [6.07, 6.45) is 3.87. The molecule has 0 aliphatic heterocycles. The van der Waals surface area contributed by atoms with Crippen molar-refractivity contribution in [2.24, 2.45) is 5.92 Å². The third-order valence-corrected chi connectivity index (χ3v) is 5.40. The zero-order valence-electron chi connectivity index (χ0n) is 13.9. The van der Waals surface area contributed by atoms with E-state index in [2.05, 4.69) is 62.4 Å². The Labute approximate surface area is 134 Å². The number of benzene rings is 2. The van der Waals surface area contributed by atoms with E-state index in [0.29, 0.717) is 17.8 Å². The lowest BCUT2D eigenvalue weighted by Crippen LogP contribution is -2.24. The van der Waals surface area contributed by atoms with Gasteiger partial charge < -0.3 is 4.74 Å². The number of hydrogen-bond acceptors (Lipinski definition) is 1. The van der Waals surface area contributed by atoms with Gasteiger partial charge in [0, 0.05) is 5.56 Å². The van der Waals surface area contributed by atoms with E-state index in [0.717, 1.165) is 5.75 Å². The maximum absolute atomic E-state index is 5.67. The van der Waals surface area contributed by atoms with Crippen LogP contribution in [0.15, 0.2) is 48.5 Å². The minimum atomic E-state index is 0.593. The van der Waals surface area contributed by atoms with Gasteiger partial charge in [-0.1, -0.05) is 55.8 Å². The molecule has 3 rings (SSSR count). The van der Waals surface area contributed by atoms with Crippen molar-refractivity contribution >= 4 is 0 Å². The lowest BCUT2D eigenvalue weighted by Gasteiger charge is -2.38. The molecule has 1 heteroatoms. The second kappa shape index (κ2) is 6.56. The van der Waals surface area contributed by atoms with Gasteiger partial charge in [-0.3, -0.25) is 0 Å². The van der Waals surface area contributed by atoms with Crippen molar-refractivity contribution in [3.63, 3.8) is 0 Å². The molecule has 1 saturated carbocycles. The lowest BCUT2D eigenvalue weighted by molar-refractivity contribution is 0.277. The molecule has 0 saturated heterocycles. The maximum atomic E-state index is 5.67. The number of aryl methyl sites for hydroxylation is 1. The highest BCUT2D eigenvalue weighted by atomic mass is 16.5. The van der Waals surface area contributed by atoms with E-state index in [-0.39, 0.29) is 0 Å². The Kier molecular flexibility index (Phi) is 4.52. The Morgan fingerprint density at radius 3 is 2.36 bits per heavy atom. The van der Waals surface area contributed by atoms with Crippen LogP contribution in [0.2, 0.25) is 0 Å². The number of hydrogen-bond donors (Lipinski definition) is 0. The summed E-state index contributed by atoms with van der Waals surface area (Å²) in [7, 11) is 1.79. The molecule has 1 aliphatic carbocycles. The predicted molar refractivity (Wildman–Crippen MR) is 92.7 cm³/mol. The van der Waals surface area contributed by atoms with E-state index in [1.807, 2.05) is 0 Å². The van der Waals surface area contributed by atoms with Gasteiger partial charge in [0.25, 0.3) is 0 Å². The molecule has 0 aromatic heterocycles. The van der Waals surface area contributed by atoms with Gasteiger partial charge in [0.2, 0.25) is 0 Å². The van der Waals surface area contributed by atoms with Crippen LogP contribution in [-0.4, -0.2) is 7.11 Å². The number of ether oxygens (including phenoxy) is 1. The molecule has 2 aromatic carbocycles. The van der Waals surface area contributed by atoms with Crippen LogP contribution in [0.4, 0.5) is 0 Å². The first-order valence-corrected chi connectivity index (χ1v) is 8.40. The molecule has 22 heavy (non-hydrogen) atoms. The Hall–Kier alpha value is -1.76. The van der Waals surface area contributed by atoms with Crippen molar-refractivity contribution in [3.05, 3.63) is 65.2 Å². The summed E-state index contributed by atoms with van der Waals surface area (Å²) < 4.78 is 5.67. The zero-order chi connectivity index (χ0) is 15.5. The second-order valence-electron chi connectivity index (χ2n) is 6.60. The van der Waals surface area contributed by atoms with Crippen LogP contribution in [0.1, 0.15) is 54.7 Å². The fourth-order valence-corrected chi connectivity index (χ4v) is 4.25. The van der Waals surface area contributed by atoms with Gasteiger partial charge >= 0.3 is 0 Å². The highest BCUT2D eigenvalue weighted by molar-refractivity contribution is 5.43. The molecule has 0 heterocycles. The third kappa shape index (κ3) is 2.77. The summed E-state index contributed by atoms with van der Waals surface area (Å²) in [5, 5.41) is 0. The summed E-state index contributed by atoms with van der Waals surface area (Å²) in [6, 6.07) is 17.5. The van der Waals surface area contributed by atoms with Crippen LogP contribution in [0.25, 0.3) is 0 Å². The minimum Gasteiger partial charge on any atom is -0.496 e. The van der Waals surface area contributed by atoms with E-state index in [4.69, 9.17) is 4.74 Å². The Morgan fingerprint density at radius 2 is 1.64 bits per heavy atom. The van der Waals surface area contributed by atoms with Gasteiger partial charge in [-0.2, -0.15) is 0 Å². The average Bonchev–Trinajstić information content (AvgIpc) is 2.56. The van der Waals surface area contributed by atoms with Crippen LogP contribution < -0.4 is 4.74 Å². The second-order valence-corrected chi connectivity index (χ2v) is 6.60. The third-order valence-electron chi connectivity index (χ3n) is 5.40. The van der Waals surface area contributed by atoms with Gasteiger partial charge in [-0.05, 0) is 54.7 Å². The van der Waals surface area contributed by atoms with Crippen molar-refractivity contribution in [2.45, 2.75) is 44.9 Å². The Balaban J connectivity index is 1.95. The summed E-state index contributed by atoms with van der Waals surface area (Å²) in [4.78, 5) is 0. The van der Waals surface area contributed by atoms with Crippen molar-refractivity contribution in [1.82, 2.24) is 0 Å². The van der Waals surface area contributed by atoms with Crippen LogP contribution in [0, 0.1) is 12.8 Å². The largest absolute Gasteiger partial charge is 0.496 e. The molecule has 3 unspecified atom stereocenters. The van der Waals surface area contributed by atoms with Gasteiger partial charge in [0.1, 0.15) is 5.75 Å². The molecule has 0 amide bonds. The molecule has 0 radical (unpaired) electrons. The smallest absolute Gasteiger partial charge is 0.122 e. The van der Waals surface area contributed by atoms with E-state index in [9.17, 15) is 0 Å². The molecule has 0 bridgehead atoms. The highest BCUT2D eigenvalue weighted by Crippen LogP contribution is 2.48. The van der Waals surface area contributed by atoms with E-state index >= 15 is 0 Å². The predicted octanol–water partition coefficient (Wildman–Crippen LogP) is 5.69. The average molecular weight is 294 g/mol. The lowest BCUT2D eigenvalue weighted by atomic mass is 9.67. The fraction of sp³-hybridized carbons (Fsp3) is 0.429. The van der Waals surface area contributed by atoms with Crippen molar-refractivity contribution in [1.29, 1.82) is 0 Å². The van der Waals surface area contributed by atoms with Crippen LogP contribution in [-0.2, 0) is 0 Å². The standard InChI is InChI=1S/C21H26O/c1-15-9-7-14-20(22-3)21(15)19-13-8-12-18(16(19)2)17-10-5-4-6-11-17/h4-7,9-11,14,16,18-19H,8,12-13H2,1-3H3. The molecule has 1 nitrogen and oxygen atoms in total. The molecule has 0 spiro atoms. The topological polar surface area (TPSA) is 9.23 Å². The molecule has 1 aliphatic rings. The van der Waals surface area contributed by atoms with Gasteiger partial charge in [-0.25, -0.2) is 0 Å². The zero-order valence-corrected chi connectivity index (χ0v) is 13.9. The number of rotatable bonds is 3. The summed E-state index contributed by atoms with van der Waals surface area (Å²) in [5.41, 5.74) is 4.29. The van der Waals surface area contributed by atoms with Gasteiger partial charge in [0.05, 0.1) is 7.11 Å². The van der Waals surface area contributed by atoms with E-state index < -0.39 is 0 Å². The monoisotopic (exact) mass is 294 g/mol. The first-order valence-electron chi connectivity index (χ1n) is 8.40. The summed E-state index contributed by atoms with van der Waals surface area (Å²) >= 11 is 0. The van der Waals surface area contributed by atoms with Crippen molar-refractivity contribution in [3.8, 4) is 5.75 Å². The quantitative estimate of drug-likeness (QED) is 0.706. The summed E-state index contributed by atoms with van der Waals surface area (Å²) in [6.45, 7) is 4.64. The Bertz CT molecular complexity index is 617. The van der Waals surface area contributed by atoms with E-state index in [1.165, 1.54) is 36.0 Å². The summed E-state index contributed by atoms with van der Waals surface area (Å²) in [5.74, 6) is 2.95. The Morgan fingerprint density at radius 1 is 0.909 bits per heavy atom. The van der Waals surface area contributed by atoms with Gasteiger partial charge in [0.15, 0.2) is 0 Å². The maximum Gasteiger partial charge on any atom is 0.122 e. The first kappa shape index (κ1) is 15.1. The molecule has 0 N–H and O–H groups in total. The normalized spacial score (nSPS) is 25.0. The van der Waals surface area contributed by atoms with Crippen LogP contribution in [0.5, 0.6) is 5.75 Å². The highest BCUT2D eigenvalue weighted by Gasteiger charge is 2.33. The van der Waals surface area contributed by atoms with Crippen LogP contribution >= 0.6 is 0 Å². The van der Waals surface area contributed by atoms with Crippen molar-refractivity contribution in [2.75, 3.05) is 7.11 Å². The first-order chi connectivity index (χ1) is 10.7. The van der Waals surface area contributed by atoms with Crippen molar-refractivity contribution < 1.29 is 4.74 Å². The molecule has 2 aromatic rings. The molecule has 3 atom stereocenters. The SMILES string of the molecule is COc1cccc(C)c1C1CCCC(c2ccccc2)C1C.